The molecule has 6 heteroatoms. The molecule has 2 aromatic rings. The van der Waals surface area contributed by atoms with Gasteiger partial charge in [-0.1, -0.05) is 26.8 Å². The molecule has 0 radical (unpaired) electrons. The van der Waals surface area contributed by atoms with Crippen molar-refractivity contribution < 1.29 is 29.1 Å². The number of halogens is 2. The molecule has 3 N–H and O–H groups in total. The monoisotopic (exact) mass is 452 g/mol. The van der Waals surface area contributed by atoms with E-state index >= 15 is 0 Å². The Morgan fingerprint density at radius 1 is 1.12 bits per heavy atom. The van der Waals surface area contributed by atoms with E-state index in [0.29, 0.717) is 6.42 Å². The van der Waals surface area contributed by atoms with Crippen LogP contribution in [0.1, 0.15) is 27.2 Å². The standard InChI is InChI=1S/C9H7.C4H10N.C3H8O2.CH3.CH2.2ClH.Zr/c1-2-5-9-7-3-6-8(9)4-1;1-4(2,3)5;4-2-1-3-5;;;;;/h1-7H;5H,1-3H3;4-5H,1-3H2;1H3;1H2;2*1H;/q2*-1;;-1;;;;+2/p-2. The molecule has 0 saturated carbocycles. The normalized spacial score (nSPS) is 9.17. The second kappa shape index (κ2) is 17.9. The first-order chi connectivity index (χ1) is 10.6. The Morgan fingerprint density at radius 2 is 1.54 bits per heavy atom. The molecule has 0 aliphatic carbocycles. The van der Waals surface area contributed by atoms with Crippen molar-refractivity contribution in [2.45, 2.75) is 32.7 Å². The topological polar surface area (TPSA) is 64.3 Å². The summed E-state index contributed by atoms with van der Waals surface area (Å²) in [6.45, 7) is 5.75. The van der Waals surface area contributed by atoms with E-state index < -0.39 is 18.9 Å². The van der Waals surface area contributed by atoms with Crippen molar-refractivity contribution in [1.82, 2.24) is 0 Å². The number of nitrogens with one attached hydrogen (secondary N) is 1. The molecule has 0 fully saturated rings. The first-order valence-electron chi connectivity index (χ1n) is 7.19. The van der Waals surface area contributed by atoms with Crippen molar-refractivity contribution in [3.05, 3.63) is 55.6 Å². The minimum atomic E-state index is -1.85. The van der Waals surface area contributed by atoms with E-state index in [1.807, 2.05) is 20.8 Å². The number of hydrogen-bond acceptors (Lipinski definition) is 2. The summed E-state index contributed by atoms with van der Waals surface area (Å²) in [7, 11) is 10.3. The van der Waals surface area contributed by atoms with Gasteiger partial charge in [0.05, 0.1) is 0 Å². The van der Waals surface area contributed by atoms with Gasteiger partial charge in [-0.05, 0) is 6.42 Å². The minimum Gasteiger partial charge on any atom is -0.358 e. The van der Waals surface area contributed by atoms with Crippen LogP contribution in [0.25, 0.3) is 16.5 Å². The van der Waals surface area contributed by atoms with E-state index in [2.05, 4.69) is 46.7 Å². The van der Waals surface area contributed by atoms with Gasteiger partial charge in [0.1, 0.15) is 0 Å². The molecule has 0 unspecified atom stereocenters. The van der Waals surface area contributed by atoms with Crippen molar-refractivity contribution in [2.24, 2.45) is 0 Å². The van der Waals surface area contributed by atoms with Gasteiger partial charge in [-0.2, -0.15) is 17.5 Å². The third kappa shape index (κ3) is 26.9. The first-order valence-corrected chi connectivity index (χ1v) is 15.3. The summed E-state index contributed by atoms with van der Waals surface area (Å²) in [5.74, 6) is 0. The van der Waals surface area contributed by atoms with Crippen molar-refractivity contribution in [3.63, 3.8) is 0 Å². The first kappa shape index (κ1) is 28.8. The zero-order valence-electron chi connectivity index (χ0n) is 15.0. The van der Waals surface area contributed by atoms with E-state index in [0.717, 1.165) is 0 Å². The fourth-order valence-corrected chi connectivity index (χ4v) is 1.14. The van der Waals surface area contributed by atoms with Gasteiger partial charge in [-0.3, -0.25) is 0 Å². The number of aliphatic hydroxyl groups is 2. The zero-order chi connectivity index (χ0) is 18.3. The van der Waals surface area contributed by atoms with Crippen LogP contribution in [0.3, 0.4) is 0 Å². The SMILES string of the molecule is CC(C)(C)[NH-].OCCCO.[CH2]=[Zr]([Cl])[Cl].[CH3-].c1ccc2[cH-]ccc2c1. The Balaban J connectivity index is -0.000000260. The van der Waals surface area contributed by atoms with Crippen LogP contribution in [-0.4, -0.2) is 33.2 Å². The Hall–Kier alpha value is 0.0431. The average molecular weight is 455 g/mol. The third-order valence-electron chi connectivity index (χ3n) is 1.86. The number of hydrogen-bond donors (Lipinski definition) is 2. The molecule has 0 heterocycles. The number of benzene rings is 1. The molecule has 0 aliphatic heterocycles. The van der Waals surface area contributed by atoms with Gasteiger partial charge in [0.25, 0.3) is 0 Å². The summed E-state index contributed by atoms with van der Waals surface area (Å²) in [6, 6.07) is 14.7. The molecular weight excluding hydrogens is 424 g/mol. The van der Waals surface area contributed by atoms with Crippen molar-refractivity contribution in [2.75, 3.05) is 13.2 Å². The van der Waals surface area contributed by atoms with E-state index in [1.54, 1.807) is 0 Å². The van der Waals surface area contributed by atoms with Crippen LogP contribution in [0, 0.1) is 7.43 Å². The molecule has 0 aliphatic rings. The predicted molar refractivity (Wildman–Crippen MR) is 108 cm³/mol. The second-order valence-corrected chi connectivity index (χ2v) is 13.8. The fraction of sp³-hybridized carbons (Fsp3) is 0.389. The van der Waals surface area contributed by atoms with Crippen LogP contribution in [0.2, 0.25) is 0 Å². The number of rotatable bonds is 2. The Kier molecular flexibility index (Phi) is 21.4. The van der Waals surface area contributed by atoms with Gasteiger partial charge in [0.2, 0.25) is 0 Å². The molecule has 2 rings (SSSR count). The van der Waals surface area contributed by atoms with Crippen LogP contribution in [0.5, 0.6) is 0 Å². The maximum absolute atomic E-state index is 7.91. The Morgan fingerprint density at radius 3 is 1.88 bits per heavy atom. The Bertz CT molecular complexity index is 483. The summed E-state index contributed by atoms with van der Waals surface area (Å²) >= 11 is -1.85. The van der Waals surface area contributed by atoms with Gasteiger partial charge < -0.3 is 23.4 Å². The molecule has 24 heavy (non-hydrogen) atoms. The minimum absolute atomic E-state index is 0. The molecule has 0 atom stereocenters. The van der Waals surface area contributed by atoms with Gasteiger partial charge >= 0.3 is 40.1 Å². The third-order valence-corrected chi connectivity index (χ3v) is 1.86. The van der Waals surface area contributed by atoms with E-state index in [1.165, 1.54) is 10.8 Å². The summed E-state index contributed by atoms with van der Waals surface area (Å²) in [6.07, 6.45) is 0.500. The van der Waals surface area contributed by atoms with Gasteiger partial charge in [-0.15, -0.1) is 35.2 Å². The van der Waals surface area contributed by atoms with Crippen molar-refractivity contribution in [3.8, 4) is 0 Å². The molecule has 0 spiro atoms. The predicted octanol–water partition coefficient (Wildman–Crippen LogP) is 5.55. The quantitative estimate of drug-likeness (QED) is 0.584. The van der Waals surface area contributed by atoms with E-state index in [-0.39, 0.29) is 26.2 Å². The summed E-state index contributed by atoms with van der Waals surface area (Å²) in [5, 5.41) is 18.5. The van der Waals surface area contributed by atoms with Gasteiger partial charge in [0, 0.05) is 13.2 Å². The maximum atomic E-state index is 7.91. The van der Waals surface area contributed by atoms with Crippen LogP contribution < -0.4 is 0 Å². The van der Waals surface area contributed by atoms with Crippen molar-refractivity contribution in [1.29, 1.82) is 0 Å². The van der Waals surface area contributed by atoms with Crippen LogP contribution in [0.15, 0.2) is 42.5 Å². The molecular formula is C18H30Cl2NO2Zr-3. The second-order valence-electron chi connectivity index (χ2n) is 5.54. The van der Waals surface area contributed by atoms with Gasteiger partial charge in [0.15, 0.2) is 0 Å². The summed E-state index contributed by atoms with van der Waals surface area (Å²) in [5.41, 5.74) is 6.69. The number of aliphatic hydroxyl groups excluding tert-OH is 2. The summed E-state index contributed by atoms with van der Waals surface area (Å²) in [4.78, 5) is 0. The average Bonchev–Trinajstić information content (AvgIpc) is 2.86. The van der Waals surface area contributed by atoms with Gasteiger partial charge in [-0.25, -0.2) is 0 Å². The van der Waals surface area contributed by atoms with Crippen LogP contribution >= 0.6 is 17.0 Å². The molecule has 2 aromatic carbocycles. The largest absolute Gasteiger partial charge is 0.358 e. The van der Waals surface area contributed by atoms with Crippen LogP contribution in [0.4, 0.5) is 0 Å². The Labute approximate surface area is 162 Å². The molecule has 140 valence electrons. The van der Waals surface area contributed by atoms with E-state index in [4.69, 9.17) is 33.0 Å². The molecule has 3 nitrogen and oxygen atoms in total. The molecule has 0 saturated heterocycles. The van der Waals surface area contributed by atoms with Crippen LogP contribution in [-0.2, 0) is 18.9 Å². The zero-order valence-corrected chi connectivity index (χ0v) is 19.0. The molecule has 0 aromatic heterocycles. The molecule has 0 amide bonds. The van der Waals surface area contributed by atoms with E-state index in [9.17, 15) is 0 Å². The summed E-state index contributed by atoms with van der Waals surface area (Å²) < 4.78 is 3.37. The fourth-order valence-electron chi connectivity index (χ4n) is 1.14. The molecule has 0 bridgehead atoms. The number of fused-ring (bicyclic) bond motifs is 1. The maximum Gasteiger partial charge on any atom is -0.0809 e. The smallest absolute Gasteiger partial charge is 0.0809 e. The van der Waals surface area contributed by atoms with Crippen molar-refractivity contribution >= 4 is 32.0 Å².